The summed E-state index contributed by atoms with van der Waals surface area (Å²) >= 11 is 0. The third-order valence-corrected chi connectivity index (χ3v) is 5.29. The lowest BCUT2D eigenvalue weighted by Crippen LogP contribution is -2.30. The summed E-state index contributed by atoms with van der Waals surface area (Å²) in [5, 5.41) is 0. The molecule has 1 aliphatic heterocycles. The fraction of sp³-hybridized carbons (Fsp3) is 0.240. The molecule has 0 radical (unpaired) electrons. The highest BCUT2D eigenvalue weighted by Crippen LogP contribution is 2.23. The molecule has 4 rings (SSSR count). The zero-order valence-corrected chi connectivity index (χ0v) is 15.9. The fourth-order valence-corrected chi connectivity index (χ4v) is 3.73. The van der Waals surface area contributed by atoms with Gasteiger partial charge in [-0.15, -0.1) is 0 Å². The van der Waals surface area contributed by atoms with E-state index in [1.165, 1.54) is 27.8 Å². The standard InChI is InChI=1S/C25H26N2/c1-20-6-4-8-23(18-20)22-12-16-27(17-13-22)15-11-21-7-5-9-24(19-21)25-10-2-3-14-26-25/h2-10,12,14,18-19H,11,13,15-17H2,1H3. The van der Waals surface area contributed by atoms with E-state index in [9.17, 15) is 0 Å². The number of hydrogen-bond acceptors (Lipinski definition) is 2. The second-order valence-electron chi connectivity index (χ2n) is 7.31. The van der Waals surface area contributed by atoms with Crippen LogP contribution < -0.4 is 0 Å². The van der Waals surface area contributed by atoms with Crippen LogP contribution in [-0.2, 0) is 6.42 Å². The van der Waals surface area contributed by atoms with Crippen molar-refractivity contribution in [3.8, 4) is 11.3 Å². The van der Waals surface area contributed by atoms with Crippen molar-refractivity contribution in [2.45, 2.75) is 19.8 Å². The first-order valence-electron chi connectivity index (χ1n) is 9.77. The van der Waals surface area contributed by atoms with Crippen LogP contribution >= 0.6 is 0 Å². The highest BCUT2D eigenvalue weighted by molar-refractivity contribution is 5.67. The van der Waals surface area contributed by atoms with Gasteiger partial charge in [0.2, 0.25) is 0 Å². The average molecular weight is 354 g/mol. The molecule has 0 fully saturated rings. The monoisotopic (exact) mass is 354 g/mol. The summed E-state index contributed by atoms with van der Waals surface area (Å²) < 4.78 is 0. The van der Waals surface area contributed by atoms with Crippen LogP contribution in [0.2, 0.25) is 0 Å². The van der Waals surface area contributed by atoms with E-state index in [0.29, 0.717) is 0 Å². The van der Waals surface area contributed by atoms with Crippen LogP contribution in [0.1, 0.15) is 23.1 Å². The Hall–Kier alpha value is -2.71. The Labute approximate surface area is 162 Å². The summed E-state index contributed by atoms with van der Waals surface area (Å²) in [7, 11) is 0. The third kappa shape index (κ3) is 4.53. The van der Waals surface area contributed by atoms with Crippen LogP contribution in [0.5, 0.6) is 0 Å². The Morgan fingerprint density at radius 1 is 0.926 bits per heavy atom. The molecule has 0 saturated heterocycles. The molecule has 1 aliphatic rings. The Morgan fingerprint density at radius 3 is 2.59 bits per heavy atom. The zero-order chi connectivity index (χ0) is 18.5. The van der Waals surface area contributed by atoms with Crippen LogP contribution in [0, 0.1) is 6.92 Å². The predicted molar refractivity (Wildman–Crippen MR) is 114 cm³/mol. The van der Waals surface area contributed by atoms with E-state index in [4.69, 9.17) is 0 Å². The quantitative estimate of drug-likeness (QED) is 0.611. The normalized spacial score (nSPS) is 14.8. The maximum Gasteiger partial charge on any atom is 0.0702 e. The molecule has 1 aromatic heterocycles. The Kier molecular flexibility index (Phi) is 5.45. The van der Waals surface area contributed by atoms with Crippen LogP contribution in [0.15, 0.2) is 79.0 Å². The van der Waals surface area contributed by atoms with Crippen LogP contribution in [0.25, 0.3) is 16.8 Å². The summed E-state index contributed by atoms with van der Waals surface area (Å²) in [6, 6.07) is 23.7. The Morgan fingerprint density at radius 2 is 1.81 bits per heavy atom. The second-order valence-corrected chi connectivity index (χ2v) is 7.31. The smallest absolute Gasteiger partial charge is 0.0702 e. The van der Waals surface area contributed by atoms with E-state index < -0.39 is 0 Å². The molecular weight excluding hydrogens is 328 g/mol. The lowest BCUT2D eigenvalue weighted by Gasteiger charge is -2.26. The van der Waals surface area contributed by atoms with E-state index in [2.05, 4.69) is 77.5 Å². The second kappa shape index (κ2) is 8.32. The molecule has 27 heavy (non-hydrogen) atoms. The van der Waals surface area contributed by atoms with Crippen molar-refractivity contribution in [2.75, 3.05) is 19.6 Å². The molecule has 0 atom stereocenters. The Bertz CT molecular complexity index is 928. The molecule has 2 heteroatoms. The van der Waals surface area contributed by atoms with E-state index >= 15 is 0 Å². The number of aryl methyl sites for hydroxylation is 1. The first-order valence-corrected chi connectivity index (χ1v) is 9.77. The van der Waals surface area contributed by atoms with Crippen LogP contribution in [0.4, 0.5) is 0 Å². The van der Waals surface area contributed by atoms with E-state index in [-0.39, 0.29) is 0 Å². The van der Waals surface area contributed by atoms with Gasteiger partial charge >= 0.3 is 0 Å². The van der Waals surface area contributed by atoms with E-state index in [1.54, 1.807) is 0 Å². The average Bonchev–Trinajstić information content (AvgIpc) is 2.73. The van der Waals surface area contributed by atoms with Gasteiger partial charge in [0.1, 0.15) is 0 Å². The predicted octanol–water partition coefficient (Wildman–Crippen LogP) is 5.39. The van der Waals surface area contributed by atoms with Crippen molar-refractivity contribution in [1.82, 2.24) is 9.88 Å². The molecule has 0 aliphatic carbocycles. The SMILES string of the molecule is Cc1cccc(C2=CCN(CCc3cccc(-c4ccccn4)c3)CC2)c1. The van der Waals surface area contributed by atoms with Crippen molar-refractivity contribution in [3.05, 3.63) is 95.7 Å². The fourth-order valence-electron chi connectivity index (χ4n) is 3.73. The maximum atomic E-state index is 4.47. The highest BCUT2D eigenvalue weighted by atomic mass is 15.1. The van der Waals surface area contributed by atoms with Gasteiger partial charge in [-0.25, -0.2) is 0 Å². The van der Waals surface area contributed by atoms with E-state index in [0.717, 1.165) is 38.2 Å². The van der Waals surface area contributed by atoms with E-state index in [1.807, 2.05) is 18.3 Å². The van der Waals surface area contributed by atoms with Crippen molar-refractivity contribution >= 4 is 5.57 Å². The number of rotatable bonds is 5. The summed E-state index contributed by atoms with van der Waals surface area (Å²) in [6.07, 6.45) is 6.47. The number of benzene rings is 2. The first-order chi connectivity index (χ1) is 13.3. The highest BCUT2D eigenvalue weighted by Gasteiger charge is 2.13. The minimum absolute atomic E-state index is 1.04. The minimum atomic E-state index is 1.04. The number of nitrogens with zero attached hydrogens (tertiary/aromatic N) is 2. The summed E-state index contributed by atoms with van der Waals surface area (Å²) in [5.74, 6) is 0. The lowest BCUT2D eigenvalue weighted by atomic mass is 9.98. The molecule has 0 bridgehead atoms. The molecule has 0 saturated carbocycles. The van der Waals surface area contributed by atoms with Gasteiger partial charge in [0, 0.05) is 31.4 Å². The lowest BCUT2D eigenvalue weighted by molar-refractivity contribution is 0.306. The van der Waals surface area contributed by atoms with Crippen LogP contribution in [-0.4, -0.2) is 29.5 Å². The number of aromatic nitrogens is 1. The molecular formula is C25H26N2. The van der Waals surface area contributed by atoms with Gasteiger partial charge in [-0.2, -0.15) is 0 Å². The van der Waals surface area contributed by atoms with Gasteiger partial charge in [-0.05, 0) is 54.7 Å². The molecule has 2 nitrogen and oxygen atoms in total. The molecule has 136 valence electrons. The zero-order valence-electron chi connectivity index (χ0n) is 15.9. The number of pyridine rings is 1. The summed E-state index contributed by atoms with van der Waals surface area (Å²) in [5.41, 5.74) is 7.84. The van der Waals surface area contributed by atoms with Crippen molar-refractivity contribution < 1.29 is 0 Å². The largest absolute Gasteiger partial charge is 0.299 e. The minimum Gasteiger partial charge on any atom is -0.299 e. The van der Waals surface area contributed by atoms with Gasteiger partial charge in [0.05, 0.1) is 5.69 Å². The molecule has 0 unspecified atom stereocenters. The van der Waals surface area contributed by atoms with Gasteiger partial charge in [-0.3, -0.25) is 9.88 Å². The molecule has 3 aromatic rings. The summed E-state index contributed by atoms with van der Waals surface area (Å²) in [6.45, 7) is 5.45. The Balaban J connectivity index is 1.36. The molecule has 0 N–H and O–H groups in total. The van der Waals surface area contributed by atoms with Crippen molar-refractivity contribution in [2.24, 2.45) is 0 Å². The van der Waals surface area contributed by atoms with Crippen molar-refractivity contribution in [3.63, 3.8) is 0 Å². The van der Waals surface area contributed by atoms with Gasteiger partial charge < -0.3 is 0 Å². The molecule has 2 aromatic carbocycles. The number of hydrogen-bond donors (Lipinski definition) is 0. The molecule has 2 heterocycles. The van der Waals surface area contributed by atoms with Crippen LogP contribution in [0.3, 0.4) is 0 Å². The molecule has 0 amide bonds. The van der Waals surface area contributed by atoms with Gasteiger partial charge in [0.15, 0.2) is 0 Å². The topological polar surface area (TPSA) is 16.1 Å². The van der Waals surface area contributed by atoms with Gasteiger partial charge in [0.25, 0.3) is 0 Å². The first kappa shape index (κ1) is 17.7. The van der Waals surface area contributed by atoms with Gasteiger partial charge in [-0.1, -0.05) is 60.2 Å². The van der Waals surface area contributed by atoms with Crippen molar-refractivity contribution in [1.29, 1.82) is 0 Å². The summed E-state index contributed by atoms with van der Waals surface area (Å²) in [4.78, 5) is 7.01. The maximum absolute atomic E-state index is 4.47. The molecule has 0 spiro atoms. The third-order valence-electron chi connectivity index (χ3n) is 5.29.